The first kappa shape index (κ1) is 9.63. The normalized spacial score (nSPS) is 12.6. The Hall–Kier alpha value is -1.92. The van der Waals surface area contributed by atoms with Crippen molar-refractivity contribution in [1.82, 2.24) is 20.4 Å². The molecular weight excluding hydrogens is 192 g/mol. The topological polar surface area (TPSA) is 106 Å². The molecule has 0 aliphatic carbocycles. The van der Waals surface area contributed by atoms with Gasteiger partial charge in [-0.25, -0.2) is 15.4 Å². The number of nitrogens with zero attached hydrogens (tertiary/aromatic N) is 2. The summed E-state index contributed by atoms with van der Waals surface area (Å²) in [6, 6.07) is 3.39. The minimum Gasteiger partial charge on any atom is -0.383 e. The van der Waals surface area contributed by atoms with E-state index in [0.717, 1.165) is 5.56 Å². The third-order valence-electron chi connectivity index (χ3n) is 2.14. The van der Waals surface area contributed by atoms with Crippen molar-refractivity contribution in [3.05, 3.63) is 42.1 Å². The summed E-state index contributed by atoms with van der Waals surface area (Å²) in [5, 5.41) is 0. The van der Waals surface area contributed by atoms with Gasteiger partial charge < -0.3 is 10.7 Å². The Morgan fingerprint density at radius 3 is 2.80 bits per heavy atom. The van der Waals surface area contributed by atoms with E-state index < -0.39 is 0 Å². The first-order valence-electron chi connectivity index (χ1n) is 4.48. The molecule has 0 saturated heterocycles. The smallest absolute Gasteiger partial charge is 0.129 e. The maximum atomic E-state index is 5.75. The predicted octanol–water partition coefficient (Wildman–Crippen LogP) is -0.0604. The maximum absolute atomic E-state index is 5.75. The van der Waals surface area contributed by atoms with E-state index in [1.165, 1.54) is 0 Å². The molecule has 0 saturated carbocycles. The van der Waals surface area contributed by atoms with Gasteiger partial charge in [-0.15, -0.1) is 0 Å². The van der Waals surface area contributed by atoms with Crippen LogP contribution in [0.15, 0.2) is 30.7 Å². The molecule has 0 amide bonds. The molecule has 0 fully saturated rings. The number of rotatable bonds is 3. The van der Waals surface area contributed by atoms with Crippen LogP contribution in [0.25, 0.3) is 0 Å². The molecule has 2 heterocycles. The van der Waals surface area contributed by atoms with Crippen LogP contribution < -0.4 is 17.0 Å². The fourth-order valence-corrected chi connectivity index (χ4v) is 1.43. The van der Waals surface area contributed by atoms with Gasteiger partial charge in [0.2, 0.25) is 0 Å². The summed E-state index contributed by atoms with van der Waals surface area (Å²) < 4.78 is 0. The molecule has 6 nitrogen and oxygen atoms in total. The zero-order valence-corrected chi connectivity index (χ0v) is 8.01. The van der Waals surface area contributed by atoms with Crippen LogP contribution in [0.1, 0.15) is 17.4 Å². The highest BCUT2D eigenvalue weighted by Crippen LogP contribution is 2.21. The second kappa shape index (κ2) is 4.07. The third-order valence-corrected chi connectivity index (χ3v) is 2.14. The molecule has 2 aromatic rings. The molecule has 6 N–H and O–H groups in total. The van der Waals surface area contributed by atoms with Crippen LogP contribution in [0.4, 0.5) is 5.82 Å². The Morgan fingerprint density at radius 1 is 1.33 bits per heavy atom. The lowest BCUT2D eigenvalue weighted by molar-refractivity contribution is 0.608. The van der Waals surface area contributed by atoms with Crippen LogP contribution in [0, 0.1) is 0 Å². The molecule has 0 aliphatic rings. The second-order valence-corrected chi connectivity index (χ2v) is 3.05. The number of H-pyrrole nitrogens is 1. The molecule has 1 unspecified atom stereocenters. The highest BCUT2D eigenvalue weighted by Gasteiger charge is 2.17. The number of nitrogen functional groups attached to an aromatic ring is 1. The number of anilines is 1. The number of aromatic amines is 1. The van der Waals surface area contributed by atoms with Crippen LogP contribution in [-0.2, 0) is 0 Å². The van der Waals surface area contributed by atoms with Gasteiger partial charge in [0.15, 0.2) is 0 Å². The van der Waals surface area contributed by atoms with E-state index in [4.69, 9.17) is 11.6 Å². The number of aromatic nitrogens is 3. The lowest BCUT2D eigenvalue weighted by Crippen LogP contribution is -2.30. The average Bonchev–Trinajstić information content (AvgIpc) is 2.75. The Bertz CT molecular complexity index is 424. The minimum absolute atomic E-state index is 0.270. The standard InChI is InChI=1S/C9H12N6/c10-8-6(2-1-3-12-8)7(15-11)9-13-4-5-14-9/h1-5,7,15H,11H2,(H2,10,12)(H,13,14). The summed E-state index contributed by atoms with van der Waals surface area (Å²) in [5.74, 6) is 6.62. The zero-order chi connectivity index (χ0) is 10.7. The van der Waals surface area contributed by atoms with Gasteiger partial charge in [0.1, 0.15) is 17.7 Å². The van der Waals surface area contributed by atoms with Crippen molar-refractivity contribution in [2.24, 2.45) is 5.84 Å². The Kier molecular flexibility index (Phi) is 2.61. The number of pyridine rings is 1. The van der Waals surface area contributed by atoms with Gasteiger partial charge in [0.25, 0.3) is 0 Å². The lowest BCUT2D eigenvalue weighted by Gasteiger charge is -2.14. The zero-order valence-electron chi connectivity index (χ0n) is 8.01. The van der Waals surface area contributed by atoms with Crippen LogP contribution in [0.5, 0.6) is 0 Å². The van der Waals surface area contributed by atoms with Gasteiger partial charge in [0, 0.05) is 24.2 Å². The molecule has 78 valence electrons. The van der Waals surface area contributed by atoms with Crippen molar-refractivity contribution in [2.75, 3.05) is 5.73 Å². The molecule has 6 heteroatoms. The molecule has 0 aliphatic heterocycles. The van der Waals surface area contributed by atoms with Crippen molar-refractivity contribution >= 4 is 5.82 Å². The Morgan fingerprint density at radius 2 is 2.20 bits per heavy atom. The molecule has 0 spiro atoms. The van der Waals surface area contributed by atoms with Crippen molar-refractivity contribution < 1.29 is 0 Å². The molecule has 0 bridgehead atoms. The summed E-state index contributed by atoms with van der Waals surface area (Å²) in [4.78, 5) is 11.1. The van der Waals surface area contributed by atoms with Crippen LogP contribution in [0.3, 0.4) is 0 Å². The quantitative estimate of drug-likeness (QED) is 0.414. The molecule has 2 aromatic heterocycles. The van der Waals surface area contributed by atoms with Gasteiger partial charge in [-0.3, -0.25) is 5.84 Å². The highest BCUT2D eigenvalue weighted by atomic mass is 15.2. The van der Waals surface area contributed by atoms with Gasteiger partial charge in [0.05, 0.1) is 0 Å². The first-order valence-corrected chi connectivity index (χ1v) is 4.48. The fraction of sp³-hybridized carbons (Fsp3) is 0.111. The lowest BCUT2D eigenvalue weighted by atomic mass is 10.1. The summed E-state index contributed by atoms with van der Waals surface area (Å²) in [6.07, 6.45) is 5.02. The van der Waals surface area contributed by atoms with Crippen molar-refractivity contribution in [3.63, 3.8) is 0 Å². The van der Waals surface area contributed by atoms with Gasteiger partial charge in [-0.2, -0.15) is 0 Å². The molecular formula is C9H12N6. The van der Waals surface area contributed by atoms with Crippen molar-refractivity contribution in [2.45, 2.75) is 6.04 Å². The first-order chi connectivity index (χ1) is 7.33. The number of imidazole rings is 1. The molecule has 2 rings (SSSR count). The molecule has 15 heavy (non-hydrogen) atoms. The van der Waals surface area contributed by atoms with Gasteiger partial charge >= 0.3 is 0 Å². The summed E-state index contributed by atoms with van der Waals surface area (Å²) in [5.41, 5.74) is 9.20. The van der Waals surface area contributed by atoms with Crippen molar-refractivity contribution in [3.8, 4) is 0 Å². The summed E-state index contributed by atoms with van der Waals surface area (Å²) in [7, 11) is 0. The largest absolute Gasteiger partial charge is 0.383 e. The van der Waals surface area contributed by atoms with E-state index in [1.54, 1.807) is 24.7 Å². The van der Waals surface area contributed by atoms with E-state index in [2.05, 4.69) is 20.4 Å². The van der Waals surface area contributed by atoms with Crippen LogP contribution in [0.2, 0.25) is 0 Å². The van der Waals surface area contributed by atoms with E-state index >= 15 is 0 Å². The monoisotopic (exact) mass is 204 g/mol. The van der Waals surface area contributed by atoms with E-state index in [1.807, 2.05) is 6.07 Å². The molecule has 0 radical (unpaired) electrons. The predicted molar refractivity (Wildman–Crippen MR) is 56.4 cm³/mol. The number of hydrogen-bond acceptors (Lipinski definition) is 5. The second-order valence-electron chi connectivity index (χ2n) is 3.05. The Labute approximate surface area is 86.7 Å². The van der Waals surface area contributed by atoms with Crippen molar-refractivity contribution in [1.29, 1.82) is 0 Å². The van der Waals surface area contributed by atoms with Gasteiger partial charge in [-0.1, -0.05) is 6.07 Å². The number of nitrogens with two attached hydrogens (primary N) is 2. The van der Waals surface area contributed by atoms with E-state index in [0.29, 0.717) is 11.6 Å². The summed E-state index contributed by atoms with van der Waals surface area (Å²) in [6.45, 7) is 0. The number of hydrazine groups is 1. The third kappa shape index (κ3) is 1.80. The molecule has 0 aromatic carbocycles. The SMILES string of the molecule is NNC(c1ncc[nH]1)c1cccnc1N. The van der Waals surface area contributed by atoms with E-state index in [-0.39, 0.29) is 6.04 Å². The minimum atomic E-state index is -0.270. The maximum Gasteiger partial charge on any atom is 0.129 e. The molecule has 1 atom stereocenters. The average molecular weight is 204 g/mol. The Balaban J connectivity index is 2.40. The fourth-order valence-electron chi connectivity index (χ4n) is 1.43. The summed E-state index contributed by atoms with van der Waals surface area (Å²) >= 11 is 0. The number of nitrogens with one attached hydrogen (secondary N) is 2. The van der Waals surface area contributed by atoms with Crippen LogP contribution >= 0.6 is 0 Å². The number of hydrogen-bond donors (Lipinski definition) is 4. The van der Waals surface area contributed by atoms with E-state index in [9.17, 15) is 0 Å². The van der Waals surface area contributed by atoms with Gasteiger partial charge in [-0.05, 0) is 6.07 Å². The van der Waals surface area contributed by atoms with Crippen LogP contribution in [-0.4, -0.2) is 15.0 Å². The highest BCUT2D eigenvalue weighted by molar-refractivity contribution is 5.43.